The van der Waals surface area contributed by atoms with Crippen LogP contribution in [0.4, 0.5) is 0 Å². The molecule has 0 bridgehead atoms. The minimum absolute atomic E-state index is 0.371. The van der Waals surface area contributed by atoms with Crippen molar-refractivity contribution in [2.45, 2.75) is 19.8 Å². The van der Waals surface area contributed by atoms with Gasteiger partial charge in [0, 0.05) is 9.86 Å². The van der Waals surface area contributed by atoms with Gasteiger partial charge in [-0.1, -0.05) is 29.8 Å². The first kappa shape index (κ1) is 10.4. The molecule has 1 aromatic heterocycles. The normalized spacial score (nSPS) is 11.2. The van der Waals surface area contributed by atoms with Crippen LogP contribution in [-0.4, -0.2) is 6.29 Å². The van der Waals surface area contributed by atoms with Gasteiger partial charge < -0.3 is 4.42 Å². The molecule has 0 spiro atoms. The van der Waals surface area contributed by atoms with E-state index in [4.69, 9.17) is 4.42 Å². The molecule has 2 rings (SSSR count). The Morgan fingerprint density at radius 3 is 2.67 bits per heavy atom. The lowest BCUT2D eigenvalue weighted by molar-refractivity contribution is 0.110. The van der Waals surface area contributed by atoms with Crippen molar-refractivity contribution in [3.8, 4) is 0 Å². The summed E-state index contributed by atoms with van der Waals surface area (Å²) in [7, 11) is 0. The molecule has 0 radical (unpaired) electrons. The van der Waals surface area contributed by atoms with Crippen LogP contribution in [0.25, 0.3) is 11.0 Å². The number of hydrogen-bond donors (Lipinski definition) is 0. The fourth-order valence-electron chi connectivity index (χ4n) is 1.65. The van der Waals surface area contributed by atoms with E-state index in [-0.39, 0.29) is 0 Å². The summed E-state index contributed by atoms with van der Waals surface area (Å²) in [6.45, 7) is 4.20. The second-order valence-electron chi connectivity index (χ2n) is 3.83. The van der Waals surface area contributed by atoms with Crippen molar-refractivity contribution in [1.29, 1.82) is 0 Å². The van der Waals surface area contributed by atoms with Gasteiger partial charge in [0.1, 0.15) is 5.58 Å². The van der Waals surface area contributed by atoms with E-state index in [9.17, 15) is 4.79 Å². The van der Waals surface area contributed by atoms with E-state index in [1.54, 1.807) is 6.07 Å². The zero-order valence-electron chi connectivity index (χ0n) is 8.58. The molecule has 0 fully saturated rings. The van der Waals surface area contributed by atoms with Crippen molar-refractivity contribution < 1.29 is 9.21 Å². The molecule has 0 saturated heterocycles. The van der Waals surface area contributed by atoms with Crippen LogP contribution < -0.4 is 0 Å². The molecule has 1 aromatic carbocycles. The van der Waals surface area contributed by atoms with Crippen LogP contribution in [-0.2, 0) is 0 Å². The summed E-state index contributed by atoms with van der Waals surface area (Å²) in [5, 5.41) is 0.968. The summed E-state index contributed by atoms with van der Waals surface area (Å²) < 4.78 is 6.49. The zero-order chi connectivity index (χ0) is 11.0. The van der Waals surface area contributed by atoms with Crippen molar-refractivity contribution in [2.75, 3.05) is 0 Å². The van der Waals surface area contributed by atoms with Gasteiger partial charge in [-0.25, -0.2) is 0 Å². The highest BCUT2D eigenvalue weighted by molar-refractivity contribution is 9.10. The molecule has 0 saturated carbocycles. The Labute approximate surface area is 96.4 Å². The SMILES string of the molecule is CC(C)c1cc(Br)cc2cc(C=O)oc12. The summed E-state index contributed by atoms with van der Waals surface area (Å²) in [5.74, 6) is 0.751. The molecule has 0 amide bonds. The molecule has 0 aliphatic heterocycles. The Morgan fingerprint density at radius 2 is 2.07 bits per heavy atom. The number of furan rings is 1. The molecule has 1 heterocycles. The van der Waals surface area contributed by atoms with Crippen molar-refractivity contribution in [1.82, 2.24) is 0 Å². The lowest BCUT2D eigenvalue weighted by atomic mass is 10.0. The minimum atomic E-state index is 0.371. The molecule has 2 nitrogen and oxygen atoms in total. The molecule has 0 atom stereocenters. The quantitative estimate of drug-likeness (QED) is 0.766. The number of hydrogen-bond acceptors (Lipinski definition) is 2. The maximum Gasteiger partial charge on any atom is 0.185 e. The fourth-order valence-corrected chi connectivity index (χ4v) is 2.14. The first-order chi connectivity index (χ1) is 7.11. The van der Waals surface area contributed by atoms with Gasteiger partial charge in [0.15, 0.2) is 12.0 Å². The van der Waals surface area contributed by atoms with Crippen LogP contribution in [0, 0.1) is 0 Å². The summed E-state index contributed by atoms with van der Waals surface area (Å²) >= 11 is 3.45. The van der Waals surface area contributed by atoms with Crippen LogP contribution >= 0.6 is 15.9 Å². The van der Waals surface area contributed by atoms with Crippen molar-refractivity contribution in [3.05, 3.63) is 34.0 Å². The summed E-state index contributed by atoms with van der Waals surface area (Å²) in [4.78, 5) is 10.6. The topological polar surface area (TPSA) is 30.2 Å². The van der Waals surface area contributed by atoms with Gasteiger partial charge >= 0.3 is 0 Å². The number of aldehydes is 1. The summed E-state index contributed by atoms with van der Waals surface area (Å²) in [5.41, 5.74) is 1.93. The van der Waals surface area contributed by atoms with Crippen LogP contribution in [0.2, 0.25) is 0 Å². The van der Waals surface area contributed by atoms with Crippen molar-refractivity contribution in [3.63, 3.8) is 0 Å². The average molecular weight is 267 g/mol. The van der Waals surface area contributed by atoms with E-state index in [2.05, 4.69) is 29.8 Å². The van der Waals surface area contributed by atoms with Crippen LogP contribution in [0.15, 0.2) is 27.1 Å². The van der Waals surface area contributed by atoms with Crippen molar-refractivity contribution in [2.24, 2.45) is 0 Å². The third kappa shape index (κ3) is 1.84. The lowest BCUT2D eigenvalue weighted by Gasteiger charge is -2.06. The van der Waals surface area contributed by atoms with E-state index in [0.29, 0.717) is 11.7 Å². The van der Waals surface area contributed by atoms with E-state index >= 15 is 0 Å². The molecular weight excluding hydrogens is 256 g/mol. The van der Waals surface area contributed by atoms with Crippen molar-refractivity contribution >= 4 is 33.2 Å². The number of carbonyl (C=O) groups is 1. The largest absolute Gasteiger partial charge is 0.453 e. The third-order valence-electron chi connectivity index (χ3n) is 2.37. The molecule has 0 unspecified atom stereocenters. The van der Waals surface area contributed by atoms with E-state index in [1.165, 1.54) is 0 Å². The van der Waals surface area contributed by atoms with Gasteiger partial charge in [-0.15, -0.1) is 0 Å². The Bertz CT molecular complexity index is 512. The van der Waals surface area contributed by atoms with Gasteiger partial charge in [-0.3, -0.25) is 4.79 Å². The molecule has 15 heavy (non-hydrogen) atoms. The maximum atomic E-state index is 10.6. The van der Waals surface area contributed by atoms with Gasteiger partial charge in [0.2, 0.25) is 0 Å². The highest BCUT2D eigenvalue weighted by atomic mass is 79.9. The fraction of sp³-hybridized carbons (Fsp3) is 0.250. The minimum Gasteiger partial charge on any atom is -0.453 e. The Kier molecular flexibility index (Phi) is 2.65. The second kappa shape index (κ2) is 3.81. The van der Waals surface area contributed by atoms with Gasteiger partial charge in [-0.05, 0) is 29.7 Å². The number of benzene rings is 1. The monoisotopic (exact) mass is 266 g/mol. The van der Waals surface area contributed by atoms with Crippen LogP contribution in [0.1, 0.15) is 35.9 Å². The highest BCUT2D eigenvalue weighted by Crippen LogP contribution is 2.31. The van der Waals surface area contributed by atoms with E-state index < -0.39 is 0 Å². The van der Waals surface area contributed by atoms with E-state index in [0.717, 1.165) is 27.3 Å². The van der Waals surface area contributed by atoms with Gasteiger partial charge in [0.05, 0.1) is 0 Å². The van der Waals surface area contributed by atoms with E-state index in [1.807, 2.05) is 12.1 Å². The Balaban J connectivity index is 2.77. The Morgan fingerprint density at radius 1 is 1.33 bits per heavy atom. The smallest absolute Gasteiger partial charge is 0.185 e. The molecule has 0 aliphatic carbocycles. The van der Waals surface area contributed by atoms with Gasteiger partial charge in [-0.2, -0.15) is 0 Å². The molecule has 78 valence electrons. The summed E-state index contributed by atoms with van der Waals surface area (Å²) in [6.07, 6.45) is 0.734. The first-order valence-corrected chi connectivity index (χ1v) is 5.59. The molecule has 3 heteroatoms. The standard InChI is InChI=1S/C12H11BrO2/c1-7(2)11-5-9(13)3-8-4-10(6-14)15-12(8)11/h3-7H,1-2H3. The highest BCUT2D eigenvalue weighted by Gasteiger charge is 2.11. The van der Waals surface area contributed by atoms with Crippen LogP contribution in [0.5, 0.6) is 0 Å². The number of fused-ring (bicyclic) bond motifs is 1. The summed E-state index contributed by atoms with van der Waals surface area (Å²) in [6, 6.07) is 5.75. The molecule has 0 aliphatic rings. The first-order valence-electron chi connectivity index (χ1n) is 4.80. The number of halogens is 1. The van der Waals surface area contributed by atoms with Crippen LogP contribution in [0.3, 0.4) is 0 Å². The lowest BCUT2D eigenvalue weighted by Crippen LogP contribution is -1.87. The predicted octanol–water partition coefficient (Wildman–Crippen LogP) is 4.13. The van der Waals surface area contributed by atoms with Gasteiger partial charge in [0.25, 0.3) is 0 Å². The molecule has 2 aromatic rings. The zero-order valence-corrected chi connectivity index (χ0v) is 10.2. The number of rotatable bonds is 2. The predicted molar refractivity (Wildman–Crippen MR) is 63.4 cm³/mol. The maximum absolute atomic E-state index is 10.6. The average Bonchev–Trinajstić information content (AvgIpc) is 2.58. The number of carbonyl (C=O) groups excluding carboxylic acids is 1. The Hall–Kier alpha value is -1.09. The molecule has 0 N–H and O–H groups in total. The second-order valence-corrected chi connectivity index (χ2v) is 4.75. The molecular formula is C12H11BrO2. The third-order valence-corrected chi connectivity index (χ3v) is 2.82.